The van der Waals surface area contributed by atoms with Gasteiger partial charge in [0.1, 0.15) is 0 Å². The van der Waals surface area contributed by atoms with E-state index in [0.717, 1.165) is 52.2 Å². The van der Waals surface area contributed by atoms with Gasteiger partial charge in [-0.2, -0.15) is 0 Å². The molecule has 0 saturated carbocycles. The third-order valence-electron chi connectivity index (χ3n) is 7.41. The molecule has 3 heterocycles. The van der Waals surface area contributed by atoms with Crippen molar-refractivity contribution in [3.05, 3.63) is 111 Å². The molecular formula is C31H32N6O3. The van der Waals surface area contributed by atoms with E-state index in [-0.39, 0.29) is 18.4 Å². The van der Waals surface area contributed by atoms with Gasteiger partial charge in [0.25, 0.3) is 5.56 Å². The minimum atomic E-state index is -0.121. The average molecular weight is 537 g/mol. The fourth-order valence-electron chi connectivity index (χ4n) is 5.34. The van der Waals surface area contributed by atoms with Gasteiger partial charge in [0.2, 0.25) is 6.79 Å². The monoisotopic (exact) mass is 536 g/mol. The van der Waals surface area contributed by atoms with Crippen LogP contribution >= 0.6 is 0 Å². The number of nitrogens with zero attached hydrogens (tertiary/aromatic N) is 5. The molecule has 3 aromatic carbocycles. The molecule has 5 aromatic rings. The molecule has 0 radical (unpaired) electrons. The van der Waals surface area contributed by atoms with Crippen LogP contribution in [0.15, 0.2) is 77.6 Å². The Labute approximate surface area is 232 Å². The first kappa shape index (κ1) is 25.8. The van der Waals surface area contributed by atoms with Gasteiger partial charge in [0, 0.05) is 30.7 Å². The van der Waals surface area contributed by atoms with Crippen molar-refractivity contribution in [3.63, 3.8) is 0 Å². The molecule has 1 aliphatic heterocycles. The molecule has 1 atom stereocenters. The number of benzene rings is 3. The summed E-state index contributed by atoms with van der Waals surface area (Å²) in [5.41, 5.74) is 4.83. The Morgan fingerprint density at radius 3 is 2.67 bits per heavy atom. The van der Waals surface area contributed by atoms with Crippen LogP contribution in [0.5, 0.6) is 11.5 Å². The molecule has 2 aromatic heterocycles. The lowest BCUT2D eigenvalue weighted by atomic mass is 10.1. The summed E-state index contributed by atoms with van der Waals surface area (Å²) in [6.07, 6.45) is 1.59. The van der Waals surface area contributed by atoms with Crippen molar-refractivity contribution < 1.29 is 9.47 Å². The quantitative estimate of drug-likeness (QED) is 0.270. The van der Waals surface area contributed by atoms with Gasteiger partial charge >= 0.3 is 0 Å². The number of fused-ring (bicyclic) bond motifs is 2. The smallest absolute Gasteiger partial charge is 0.252 e. The fourth-order valence-corrected chi connectivity index (χ4v) is 5.34. The number of hydrogen-bond acceptors (Lipinski definition) is 7. The summed E-state index contributed by atoms with van der Waals surface area (Å²) in [6.45, 7) is 6.04. The Morgan fingerprint density at radius 2 is 1.82 bits per heavy atom. The van der Waals surface area contributed by atoms with Crippen LogP contribution in [-0.4, -0.2) is 36.9 Å². The van der Waals surface area contributed by atoms with E-state index in [4.69, 9.17) is 9.47 Å². The highest BCUT2D eigenvalue weighted by Crippen LogP contribution is 2.34. The summed E-state index contributed by atoms with van der Waals surface area (Å²) < 4.78 is 13.0. The van der Waals surface area contributed by atoms with Crippen molar-refractivity contribution in [3.8, 4) is 11.5 Å². The van der Waals surface area contributed by atoms with Crippen LogP contribution in [-0.2, 0) is 26.1 Å². The molecule has 1 N–H and O–H groups in total. The number of ether oxygens (including phenoxy) is 2. The molecule has 0 unspecified atom stereocenters. The van der Waals surface area contributed by atoms with Crippen molar-refractivity contribution in [2.75, 3.05) is 6.79 Å². The van der Waals surface area contributed by atoms with Gasteiger partial charge < -0.3 is 14.5 Å². The Kier molecular flexibility index (Phi) is 7.29. The topological polar surface area (TPSA) is 98.2 Å². The first-order valence-electron chi connectivity index (χ1n) is 13.6. The second-order valence-corrected chi connectivity index (χ2v) is 10.2. The number of rotatable bonds is 10. The molecule has 0 amide bonds. The molecule has 1 aliphatic rings. The highest BCUT2D eigenvalue weighted by Gasteiger charge is 2.27. The third-order valence-corrected chi connectivity index (χ3v) is 7.41. The number of aromatic nitrogens is 5. The van der Waals surface area contributed by atoms with Crippen LogP contribution in [0, 0.1) is 6.92 Å². The van der Waals surface area contributed by atoms with Crippen molar-refractivity contribution in [1.82, 2.24) is 30.1 Å². The number of aryl methyl sites for hydroxylation is 3. The molecule has 204 valence electrons. The zero-order valence-corrected chi connectivity index (χ0v) is 22.7. The van der Waals surface area contributed by atoms with Crippen molar-refractivity contribution in [2.24, 2.45) is 0 Å². The lowest BCUT2D eigenvalue weighted by molar-refractivity contribution is 0.160. The molecule has 40 heavy (non-hydrogen) atoms. The van der Waals surface area contributed by atoms with Crippen LogP contribution in [0.4, 0.5) is 0 Å². The van der Waals surface area contributed by atoms with Gasteiger partial charge in [-0.1, -0.05) is 55.5 Å². The maximum absolute atomic E-state index is 13.2. The second kappa shape index (κ2) is 11.3. The third kappa shape index (κ3) is 5.46. The number of hydrogen-bond donors (Lipinski definition) is 1. The maximum Gasteiger partial charge on any atom is 0.252 e. The molecule has 0 spiro atoms. The largest absolute Gasteiger partial charge is 0.454 e. The fraction of sp³-hybridized carbons (Fsp3) is 0.290. The summed E-state index contributed by atoms with van der Waals surface area (Å²) in [4.78, 5) is 18.6. The number of tetrazole rings is 1. The highest BCUT2D eigenvalue weighted by molar-refractivity contribution is 5.79. The van der Waals surface area contributed by atoms with E-state index in [0.29, 0.717) is 25.2 Å². The van der Waals surface area contributed by atoms with E-state index in [2.05, 4.69) is 50.5 Å². The highest BCUT2D eigenvalue weighted by atomic mass is 16.7. The Morgan fingerprint density at radius 1 is 0.975 bits per heavy atom. The van der Waals surface area contributed by atoms with Gasteiger partial charge in [-0.3, -0.25) is 9.69 Å². The lowest BCUT2D eigenvalue weighted by Crippen LogP contribution is -2.32. The van der Waals surface area contributed by atoms with Gasteiger partial charge in [0.15, 0.2) is 17.3 Å². The molecule has 0 fully saturated rings. The Balaban J connectivity index is 1.34. The van der Waals surface area contributed by atoms with Crippen LogP contribution < -0.4 is 15.0 Å². The maximum atomic E-state index is 13.2. The lowest BCUT2D eigenvalue weighted by Gasteiger charge is -2.30. The second-order valence-electron chi connectivity index (χ2n) is 10.2. The van der Waals surface area contributed by atoms with Crippen molar-refractivity contribution in [2.45, 2.75) is 52.4 Å². The van der Waals surface area contributed by atoms with E-state index in [9.17, 15) is 4.79 Å². The van der Waals surface area contributed by atoms with E-state index in [1.807, 2.05) is 66.2 Å². The summed E-state index contributed by atoms with van der Waals surface area (Å²) >= 11 is 0. The molecular weight excluding hydrogens is 504 g/mol. The van der Waals surface area contributed by atoms with Crippen molar-refractivity contribution >= 4 is 10.9 Å². The summed E-state index contributed by atoms with van der Waals surface area (Å²) in [5.74, 6) is 2.26. The van der Waals surface area contributed by atoms with Crippen LogP contribution in [0.3, 0.4) is 0 Å². The van der Waals surface area contributed by atoms with E-state index >= 15 is 0 Å². The van der Waals surface area contributed by atoms with Crippen LogP contribution in [0.1, 0.15) is 47.5 Å². The van der Waals surface area contributed by atoms with E-state index in [1.165, 1.54) is 5.56 Å². The standard InChI is InChI=1S/C31H32N6O3/c1-3-27(30-33-34-35-37(30)14-13-22-7-5-4-6-8-22)36(18-23-10-12-28-29(16-23)40-20-39-28)19-25-17-24-11-9-21(2)15-26(24)32-31(25)38/h4-12,15-17,27H,3,13-14,18-20H2,1-2H3,(H,32,38)/t27-/m1/s1. The van der Waals surface area contributed by atoms with Crippen molar-refractivity contribution in [1.29, 1.82) is 0 Å². The van der Waals surface area contributed by atoms with Gasteiger partial charge in [-0.15, -0.1) is 5.10 Å². The SMILES string of the molecule is CC[C@H](c1nnnn1CCc1ccccc1)N(Cc1ccc2c(c1)OCO2)Cc1cc2ccc(C)cc2[nH]c1=O. The zero-order chi connectivity index (χ0) is 27.5. The summed E-state index contributed by atoms with van der Waals surface area (Å²) in [6, 6.07) is 24.3. The zero-order valence-electron chi connectivity index (χ0n) is 22.7. The minimum absolute atomic E-state index is 0.0905. The number of nitrogens with one attached hydrogen (secondary N) is 1. The predicted octanol–water partition coefficient (Wildman–Crippen LogP) is 4.95. The number of aromatic amines is 1. The molecule has 6 rings (SSSR count). The summed E-state index contributed by atoms with van der Waals surface area (Å²) in [7, 11) is 0. The van der Waals surface area contributed by atoms with Gasteiger partial charge in [0.05, 0.1) is 6.04 Å². The molecule has 0 saturated heterocycles. The molecule has 0 bridgehead atoms. The Bertz CT molecular complexity index is 1680. The minimum Gasteiger partial charge on any atom is -0.454 e. The van der Waals surface area contributed by atoms with Crippen LogP contribution in [0.25, 0.3) is 10.9 Å². The van der Waals surface area contributed by atoms with E-state index in [1.54, 1.807) is 0 Å². The molecule has 9 nitrogen and oxygen atoms in total. The predicted molar refractivity (Wildman–Crippen MR) is 152 cm³/mol. The normalized spacial score (nSPS) is 13.3. The van der Waals surface area contributed by atoms with E-state index < -0.39 is 0 Å². The summed E-state index contributed by atoms with van der Waals surface area (Å²) in [5, 5.41) is 13.9. The first-order chi connectivity index (χ1) is 19.6. The Hall–Kier alpha value is -4.50. The number of H-pyrrole nitrogens is 1. The van der Waals surface area contributed by atoms with Crippen LogP contribution in [0.2, 0.25) is 0 Å². The average Bonchev–Trinajstić information content (AvgIpc) is 3.63. The molecule has 9 heteroatoms. The number of pyridine rings is 1. The van der Waals surface area contributed by atoms with Gasteiger partial charge in [-0.25, -0.2) is 4.68 Å². The first-order valence-corrected chi connectivity index (χ1v) is 13.6. The van der Waals surface area contributed by atoms with Gasteiger partial charge in [-0.05, 0) is 76.5 Å². The molecule has 0 aliphatic carbocycles.